The van der Waals surface area contributed by atoms with Gasteiger partial charge < -0.3 is 10.6 Å². The van der Waals surface area contributed by atoms with Crippen LogP contribution in [0, 0.1) is 0 Å². The highest BCUT2D eigenvalue weighted by atomic mass is 15.0. The molecule has 1 aromatic rings. The Labute approximate surface area is 86.7 Å². The summed E-state index contributed by atoms with van der Waals surface area (Å²) in [6.07, 6.45) is 0. The molecule has 0 fully saturated rings. The van der Waals surface area contributed by atoms with Gasteiger partial charge in [0.05, 0.1) is 0 Å². The third-order valence-corrected chi connectivity index (χ3v) is 1.88. The minimum atomic E-state index is 0.207. The first-order valence-electron chi connectivity index (χ1n) is 5.12. The minimum Gasteiger partial charge on any atom is -0.384 e. The van der Waals surface area contributed by atoms with Crippen molar-refractivity contribution in [2.75, 3.05) is 18.4 Å². The average molecular weight is 192 g/mol. The van der Waals surface area contributed by atoms with Gasteiger partial charge in [-0.05, 0) is 32.9 Å². The molecule has 0 unspecified atom stereocenters. The van der Waals surface area contributed by atoms with Crippen molar-refractivity contribution in [2.45, 2.75) is 26.3 Å². The van der Waals surface area contributed by atoms with E-state index in [2.05, 4.69) is 43.5 Å². The molecule has 0 saturated heterocycles. The zero-order valence-electron chi connectivity index (χ0n) is 9.30. The summed E-state index contributed by atoms with van der Waals surface area (Å²) >= 11 is 0. The molecular formula is C12H20N2. The standard InChI is InChI=1S/C12H20N2/c1-12(2,3)14-10-9-13-11-7-5-4-6-8-11/h4-8,13-14H,9-10H2,1-3H3. The quantitative estimate of drug-likeness (QED) is 0.716. The maximum absolute atomic E-state index is 3.43. The van der Waals surface area contributed by atoms with Gasteiger partial charge in [-0.25, -0.2) is 0 Å². The van der Waals surface area contributed by atoms with E-state index in [0.29, 0.717) is 0 Å². The molecule has 2 N–H and O–H groups in total. The molecule has 2 nitrogen and oxygen atoms in total. The molecule has 0 aliphatic carbocycles. The predicted molar refractivity (Wildman–Crippen MR) is 62.7 cm³/mol. The predicted octanol–water partition coefficient (Wildman–Crippen LogP) is 2.49. The lowest BCUT2D eigenvalue weighted by Gasteiger charge is -2.20. The van der Waals surface area contributed by atoms with Crippen LogP contribution in [-0.2, 0) is 0 Å². The van der Waals surface area contributed by atoms with Gasteiger partial charge in [0.2, 0.25) is 0 Å². The lowest BCUT2D eigenvalue weighted by atomic mass is 10.1. The van der Waals surface area contributed by atoms with Crippen molar-refractivity contribution in [2.24, 2.45) is 0 Å². The molecule has 0 saturated carbocycles. The second-order valence-electron chi connectivity index (χ2n) is 4.47. The van der Waals surface area contributed by atoms with E-state index >= 15 is 0 Å². The minimum absolute atomic E-state index is 0.207. The number of para-hydroxylation sites is 1. The Hall–Kier alpha value is -1.02. The third-order valence-electron chi connectivity index (χ3n) is 1.88. The van der Waals surface area contributed by atoms with E-state index in [-0.39, 0.29) is 5.54 Å². The van der Waals surface area contributed by atoms with Crippen molar-refractivity contribution in [3.05, 3.63) is 30.3 Å². The molecule has 1 rings (SSSR count). The van der Waals surface area contributed by atoms with Crippen LogP contribution >= 0.6 is 0 Å². The van der Waals surface area contributed by atoms with Gasteiger partial charge in [-0.3, -0.25) is 0 Å². The zero-order chi connectivity index (χ0) is 10.4. The maximum atomic E-state index is 3.43. The highest BCUT2D eigenvalue weighted by Gasteiger charge is 2.06. The molecule has 1 aromatic carbocycles. The second kappa shape index (κ2) is 5.01. The van der Waals surface area contributed by atoms with E-state index in [1.807, 2.05) is 18.2 Å². The van der Waals surface area contributed by atoms with Crippen LogP contribution in [-0.4, -0.2) is 18.6 Å². The van der Waals surface area contributed by atoms with Crippen molar-refractivity contribution in [3.63, 3.8) is 0 Å². The molecule has 0 heterocycles. The second-order valence-corrected chi connectivity index (χ2v) is 4.47. The van der Waals surface area contributed by atoms with Crippen molar-refractivity contribution in [1.29, 1.82) is 0 Å². The van der Waals surface area contributed by atoms with Crippen LogP contribution in [0.15, 0.2) is 30.3 Å². The lowest BCUT2D eigenvalue weighted by molar-refractivity contribution is 0.435. The summed E-state index contributed by atoms with van der Waals surface area (Å²) in [7, 11) is 0. The largest absolute Gasteiger partial charge is 0.384 e. The van der Waals surface area contributed by atoms with E-state index in [0.717, 1.165) is 13.1 Å². The Balaban J connectivity index is 2.17. The van der Waals surface area contributed by atoms with Crippen LogP contribution in [0.2, 0.25) is 0 Å². The highest BCUT2D eigenvalue weighted by molar-refractivity contribution is 5.42. The van der Waals surface area contributed by atoms with Crippen molar-refractivity contribution >= 4 is 5.69 Å². The zero-order valence-corrected chi connectivity index (χ0v) is 9.30. The summed E-state index contributed by atoms with van der Waals surface area (Å²) in [4.78, 5) is 0. The van der Waals surface area contributed by atoms with Gasteiger partial charge in [-0.2, -0.15) is 0 Å². The Bertz CT molecular complexity index is 249. The van der Waals surface area contributed by atoms with Crippen LogP contribution < -0.4 is 10.6 Å². The van der Waals surface area contributed by atoms with Crippen LogP contribution in [0.4, 0.5) is 5.69 Å². The molecule has 78 valence electrons. The first kappa shape index (κ1) is 11.1. The van der Waals surface area contributed by atoms with Gasteiger partial charge >= 0.3 is 0 Å². The number of rotatable bonds is 4. The summed E-state index contributed by atoms with van der Waals surface area (Å²) < 4.78 is 0. The van der Waals surface area contributed by atoms with Crippen LogP contribution in [0.3, 0.4) is 0 Å². The lowest BCUT2D eigenvalue weighted by Crippen LogP contribution is -2.38. The summed E-state index contributed by atoms with van der Waals surface area (Å²) in [5, 5.41) is 6.78. The molecule has 14 heavy (non-hydrogen) atoms. The van der Waals surface area contributed by atoms with E-state index in [4.69, 9.17) is 0 Å². The highest BCUT2D eigenvalue weighted by Crippen LogP contribution is 2.03. The van der Waals surface area contributed by atoms with Gasteiger partial charge in [-0.15, -0.1) is 0 Å². The number of anilines is 1. The van der Waals surface area contributed by atoms with E-state index < -0.39 is 0 Å². The molecule has 0 bridgehead atoms. The summed E-state index contributed by atoms with van der Waals surface area (Å²) in [5.41, 5.74) is 1.39. The molecule has 0 amide bonds. The molecule has 0 spiro atoms. The smallest absolute Gasteiger partial charge is 0.0340 e. The van der Waals surface area contributed by atoms with Crippen molar-refractivity contribution < 1.29 is 0 Å². The fraction of sp³-hybridized carbons (Fsp3) is 0.500. The SMILES string of the molecule is CC(C)(C)NCCNc1ccccc1. The van der Waals surface area contributed by atoms with Crippen molar-refractivity contribution in [1.82, 2.24) is 5.32 Å². The Morgan fingerprint density at radius 2 is 1.64 bits per heavy atom. The molecule has 0 radical (unpaired) electrons. The first-order valence-corrected chi connectivity index (χ1v) is 5.12. The van der Waals surface area contributed by atoms with Gasteiger partial charge in [0.1, 0.15) is 0 Å². The molecule has 0 aliphatic rings. The molecular weight excluding hydrogens is 172 g/mol. The maximum Gasteiger partial charge on any atom is 0.0340 e. The van der Waals surface area contributed by atoms with Crippen molar-refractivity contribution in [3.8, 4) is 0 Å². The van der Waals surface area contributed by atoms with Crippen LogP contribution in [0.25, 0.3) is 0 Å². The molecule has 0 atom stereocenters. The summed E-state index contributed by atoms with van der Waals surface area (Å²) in [6, 6.07) is 10.3. The Kier molecular flexibility index (Phi) is 3.96. The van der Waals surface area contributed by atoms with Gasteiger partial charge in [0, 0.05) is 24.3 Å². The number of benzene rings is 1. The average Bonchev–Trinajstić information content (AvgIpc) is 2.13. The van der Waals surface area contributed by atoms with Gasteiger partial charge in [-0.1, -0.05) is 18.2 Å². The Morgan fingerprint density at radius 1 is 1.00 bits per heavy atom. The normalized spacial score (nSPS) is 11.4. The molecule has 0 aliphatic heterocycles. The van der Waals surface area contributed by atoms with Gasteiger partial charge in [0.25, 0.3) is 0 Å². The fourth-order valence-corrected chi connectivity index (χ4v) is 1.20. The number of nitrogens with one attached hydrogen (secondary N) is 2. The van der Waals surface area contributed by atoms with E-state index in [1.165, 1.54) is 5.69 Å². The first-order chi connectivity index (χ1) is 6.58. The number of hydrogen-bond acceptors (Lipinski definition) is 2. The number of hydrogen-bond donors (Lipinski definition) is 2. The summed E-state index contributed by atoms with van der Waals surface area (Å²) in [5.74, 6) is 0. The third kappa shape index (κ3) is 4.87. The van der Waals surface area contributed by atoms with Crippen LogP contribution in [0.1, 0.15) is 20.8 Å². The van der Waals surface area contributed by atoms with E-state index in [1.54, 1.807) is 0 Å². The monoisotopic (exact) mass is 192 g/mol. The Morgan fingerprint density at radius 3 is 2.21 bits per heavy atom. The van der Waals surface area contributed by atoms with E-state index in [9.17, 15) is 0 Å². The van der Waals surface area contributed by atoms with Crippen LogP contribution in [0.5, 0.6) is 0 Å². The topological polar surface area (TPSA) is 24.1 Å². The van der Waals surface area contributed by atoms with Gasteiger partial charge in [0.15, 0.2) is 0 Å². The fourth-order valence-electron chi connectivity index (χ4n) is 1.20. The molecule has 2 heteroatoms. The summed E-state index contributed by atoms with van der Waals surface area (Å²) in [6.45, 7) is 8.47. The molecule has 0 aromatic heterocycles.